The van der Waals surface area contributed by atoms with Crippen molar-refractivity contribution in [2.24, 2.45) is 0 Å². The molecule has 0 fully saturated rings. The van der Waals surface area contributed by atoms with Gasteiger partial charge in [0.2, 0.25) is 5.78 Å². The highest BCUT2D eigenvalue weighted by molar-refractivity contribution is 7.99. The molecule has 3 aromatic heterocycles. The minimum absolute atomic E-state index is 0.0335. The fourth-order valence-corrected chi connectivity index (χ4v) is 6.14. The maximum atomic E-state index is 13.7. The summed E-state index contributed by atoms with van der Waals surface area (Å²) in [6, 6.07) is 8.06. The molecule has 5 nitrogen and oxygen atoms in total. The lowest BCUT2D eigenvalue weighted by Crippen LogP contribution is -2.22. The molecule has 0 amide bonds. The van der Waals surface area contributed by atoms with Crippen molar-refractivity contribution in [3.63, 3.8) is 0 Å². The molecule has 4 aromatic rings. The van der Waals surface area contributed by atoms with E-state index < -0.39 is 0 Å². The van der Waals surface area contributed by atoms with Crippen LogP contribution in [0.25, 0.3) is 21.7 Å². The van der Waals surface area contributed by atoms with Gasteiger partial charge in [-0.2, -0.15) is 0 Å². The molecule has 0 bridgehead atoms. The standard InChI is InChI=1S/C21H22N4OS2/c1-3-27-21-23-22-20-24(14-11-9-13(2)10-12-14)18(26)17-15-7-5-4-6-8-16(15)28-19(17)25(20)21/h9-12H,3-8H2,1-2H3. The minimum Gasteiger partial charge on any atom is -0.268 e. The van der Waals surface area contributed by atoms with E-state index in [4.69, 9.17) is 0 Å². The van der Waals surface area contributed by atoms with E-state index in [1.807, 2.05) is 24.3 Å². The van der Waals surface area contributed by atoms with Crippen molar-refractivity contribution < 1.29 is 0 Å². The second-order valence-corrected chi connectivity index (χ2v) is 9.59. The number of aryl methyl sites for hydroxylation is 3. The van der Waals surface area contributed by atoms with Crippen LogP contribution in [-0.2, 0) is 12.8 Å². The monoisotopic (exact) mass is 410 g/mol. The number of nitrogens with zero attached hydrogens (tertiary/aromatic N) is 4. The van der Waals surface area contributed by atoms with Crippen molar-refractivity contribution in [2.75, 3.05) is 5.75 Å². The quantitative estimate of drug-likeness (QED) is 0.360. The van der Waals surface area contributed by atoms with Gasteiger partial charge in [-0.3, -0.25) is 4.79 Å². The fraction of sp³-hybridized carbons (Fsp3) is 0.381. The summed E-state index contributed by atoms with van der Waals surface area (Å²) in [6.45, 7) is 4.17. The van der Waals surface area contributed by atoms with Crippen molar-refractivity contribution in [1.82, 2.24) is 19.2 Å². The van der Waals surface area contributed by atoms with E-state index in [0.29, 0.717) is 5.78 Å². The van der Waals surface area contributed by atoms with Crippen LogP contribution in [-0.4, -0.2) is 24.9 Å². The van der Waals surface area contributed by atoms with Crippen molar-refractivity contribution in [2.45, 2.75) is 51.1 Å². The molecule has 0 atom stereocenters. The highest BCUT2D eigenvalue weighted by Gasteiger charge is 2.24. The van der Waals surface area contributed by atoms with Crippen LogP contribution in [0.2, 0.25) is 0 Å². The summed E-state index contributed by atoms with van der Waals surface area (Å²) in [6.07, 6.45) is 5.65. The van der Waals surface area contributed by atoms with E-state index in [1.54, 1.807) is 27.7 Å². The van der Waals surface area contributed by atoms with Gasteiger partial charge in [-0.25, -0.2) is 8.97 Å². The van der Waals surface area contributed by atoms with Crippen molar-refractivity contribution >= 4 is 39.1 Å². The zero-order valence-electron chi connectivity index (χ0n) is 16.1. The first-order valence-electron chi connectivity index (χ1n) is 9.83. The lowest BCUT2D eigenvalue weighted by Gasteiger charge is -2.10. The van der Waals surface area contributed by atoms with E-state index in [9.17, 15) is 4.79 Å². The van der Waals surface area contributed by atoms with Crippen molar-refractivity contribution in [1.29, 1.82) is 0 Å². The molecule has 0 aliphatic heterocycles. The summed E-state index contributed by atoms with van der Waals surface area (Å²) in [5, 5.41) is 10.6. The predicted molar refractivity (Wildman–Crippen MR) is 116 cm³/mol. The highest BCUT2D eigenvalue weighted by atomic mass is 32.2. The Morgan fingerprint density at radius 1 is 1.11 bits per heavy atom. The third-order valence-corrected chi connectivity index (χ3v) is 7.49. The Hall–Kier alpha value is -2.12. The Labute approximate surface area is 171 Å². The molecule has 5 rings (SSSR count). The summed E-state index contributed by atoms with van der Waals surface area (Å²) in [5.74, 6) is 1.52. The maximum Gasteiger partial charge on any atom is 0.268 e. The third kappa shape index (κ3) is 2.71. The smallest absolute Gasteiger partial charge is 0.268 e. The molecule has 0 saturated carbocycles. The molecule has 1 aliphatic carbocycles. The van der Waals surface area contributed by atoms with Gasteiger partial charge < -0.3 is 0 Å². The van der Waals surface area contributed by atoms with Gasteiger partial charge in [0, 0.05) is 4.88 Å². The van der Waals surface area contributed by atoms with E-state index in [0.717, 1.165) is 46.1 Å². The number of hydrogen-bond acceptors (Lipinski definition) is 5. The lowest BCUT2D eigenvalue weighted by atomic mass is 10.1. The first-order chi connectivity index (χ1) is 13.7. The Kier molecular flexibility index (Phi) is 4.51. The molecule has 0 saturated heterocycles. The normalized spacial score (nSPS) is 14.5. The van der Waals surface area contributed by atoms with Crippen LogP contribution in [0.5, 0.6) is 0 Å². The zero-order valence-corrected chi connectivity index (χ0v) is 17.7. The number of benzene rings is 1. The largest absolute Gasteiger partial charge is 0.268 e. The summed E-state index contributed by atoms with van der Waals surface area (Å²) >= 11 is 3.43. The molecule has 0 unspecified atom stereocenters. The average molecular weight is 411 g/mol. The first-order valence-corrected chi connectivity index (χ1v) is 11.6. The number of thiophene rings is 1. The Morgan fingerprint density at radius 3 is 2.68 bits per heavy atom. The molecule has 0 spiro atoms. The van der Waals surface area contributed by atoms with Crippen LogP contribution in [0.3, 0.4) is 0 Å². The second kappa shape index (κ2) is 7.04. The van der Waals surface area contributed by atoms with Gasteiger partial charge in [-0.1, -0.05) is 42.8 Å². The van der Waals surface area contributed by atoms with Gasteiger partial charge >= 0.3 is 0 Å². The molecule has 28 heavy (non-hydrogen) atoms. The molecule has 1 aliphatic rings. The van der Waals surface area contributed by atoms with Crippen LogP contribution in [0.15, 0.2) is 34.2 Å². The SMILES string of the molecule is CCSc1nnc2n(-c3ccc(C)cc3)c(=O)c3c4c(sc3n12)CCCCC4. The van der Waals surface area contributed by atoms with Gasteiger partial charge in [-0.05, 0) is 56.1 Å². The van der Waals surface area contributed by atoms with E-state index >= 15 is 0 Å². The van der Waals surface area contributed by atoms with Crippen molar-refractivity contribution in [3.8, 4) is 5.69 Å². The maximum absolute atomic E-state index is 13.7. The molecule has 1 aromatic carbocycles. The summed E-state index contributed by atoms with van der Waals surface area (Å²) in [4.78, 5) is 16.1. The Balaban J connectivity index is 1.93. The summed E-state index contributed by atoms with van der Waals surface area (Å²) < 4.78 is 3.84. The number of thioether (sulfide) groups is 1. The molecule has 144 valence electrons. The van der Waals surface area contributed by atoms with Crippen molar-refractivity contribution in [3.05, 3.63) is 50.6 Å². The van der Waals surface area contributed by atoms with Crippen LogP contribution in [0.4, 0.5) is 0 Å². The van der Waals surface area contributed by atoms with Crippen LogP contribution >= 0.6 is 23.1 Å². The van der Waals surface area contributed by atoms with Gasteiger partial charge in [0.05, 0.1) is 11.1 Å². The molecule has 0 radical (unpaired) electrons. The number of fused-ring (bicyclic) bond motifs is 5. The Bertz CT molecular complexity index is 1230. The fourth-order valence-electron chi connectivity index (χ4n) is 4.04. The number of rotatable bonds is 3. The minimum atomic E-state index is 0.0335. The Morgan fingerprint density at radius 2 is 1.89 bits per heavy atom. The predicted octanol–water partition coefficient (Wildman–Crippen LogP) is 4.78. The highest BCUT2D eigenvalue weighted by Crippen LogP contribution is 2.36. The van der Waals surface area contributed by atoms with Gasteiger partial charge in [0.15, 0.2) is 5.16 Å². The van der Waals surface area contributed by atoms with E-state index in [1.165, 1.54) is 28.8 Å². The van der Waals surface area contributed by atoms with Crippen LogP contribution in [0, 0.1) is 6.92 Å². The topological polar surface area (TPSA) is 52.2 Å². The zero-order chi connectivity index (χ0) is 19.3. The molecular formula is C21H22N4OS2. The molecular weight excluding hydrogens is 388 g/mol. The average Bonchev–Trinajstić information content (AvgIpc) is 3.18. The lowest BCUT2D eigenvalue weighted by molar-refractivity contribution is 0.713. The molecule has 7 heteroatoms. The van der Waals surface area contributed by atoms with Gasteiger partial charge in [0.25, 0.3) is 5.56 Å². The first kappa shape index (κ1) is 17.9. The van der Waals surface area contributed by atoms with E-state index in [-0.39, 0.29) is 5.56 Å². The number of hydrogen-bond donors (Lipinski definition) is 0. The number of aromatic nitrogens is 4. The molecule has 0 N–H and O–H groups in total. The summed E-state index contributed by atoms with van der Waals surface area (Å²) in [5.41, 5.74) is 3.30. The molecule has 3 heterocycles. The van der Waals surface area contributed by atoms with Crippen LogP contribution in [0.1, 0.15) is 42.2 Å². The summed E-state index contributed by atoms with van der Waals surface area (Å²) in [7, 11) is 0. The third-order valence-electron chi connectivity index (χ3n) is 5.40. The van der Waals surface area contributed by atoms with Gasteiger partial charge in [0.1, 0.15) is 4.83 Å². The second-order valence-electron chi connectivity index (χ2n) is 7.27. The van der Waals surface area contributed by atoms with Gasteiger partial charge in [-0.15, -0.1) is 21.5 Å². The van der Waals surface area contributed by atoms with Crippen LogP contribution < -0.4 is 5.56 Å². The van der Waals surface area contributed by atoms with E-state index in [2.05, 4.69) is 28.4 Å².